The number of nitrogens with two attached hydrogens (primary N) is 1. The average Bonchev–Trinajstić information content (AvgIpc) is 2.67. The molecule has 0 atom stereocenters. The van der Waals surface area contributed by atoms with E-state index in [9.17, 15) is 0 Å². The second-order valence-electron chi connectivity index (χ2n) is 6.10. The monoisotopic (exact) mass is 363 g/mol. The molecule has 0 aliphatic carbocycles. The van der Waals surface area contributed by atoms with Crippen molar-refractivity contribution in [3.63, 3.8) is 0 Å². The van der Waals surface area contributed by atoms with E-state index in [-0.39, 0.29) is 0 Å². The van der Waals surface area contributed by atoms with Gasteiger partial charge in [-0.15, -0.1) is 0 Å². The van der Waals surface area contributed by atoms with Gasteiger partial charge in [0.1, 0.15) is 17.8 Å². The van der Waals surface area contributed by atoms with Gasteiger partial charge in [0.15, 0.2) is 11.6 Å². The highest BCUT2D eigenvalue weighted by molar-refractivity contribution is 5.82. The lowest BCUT2D eigenvalue weighted by Gasteiger charge is -2.24. The lowest BCUT2D eigenvalue weighted by molar-refractivity contribution is 0.342. The summed E-state index contributed by atoms with van der Waals surface area (Å²) in [6.07, 6.45) is 1.52. The van der Waals surface area contributed by atoms with Crippen molar-refractivity contribution in [3.8, 4) is 5.75 Å². The molecule has 1 aromatic heterocycles. The standard InChI is InChI=1S/C21H25N5O/c1-4-26(16-10-8-9-15(3)13-16)21-19(22)20(23-14-24-21)25-17-11-6-7-12-18(17)27-5-2/h6-14H,4-5,22H2,1-3H3,(H,23,24,25). The van der Waals surface area contributed by atoms with Gasteiger partial charge in [-0.25, -0.2) is 9.97 Å². The summed E-state index contributed by atoms with van der Waals surface area (Å²) in [6, 6.07) is 16.0. The normalized spacial score (nSPS) is 10.5. The zero-order valence-electron chi connectivity index (χ0n) is 15.9. The zero-order chi connectivity index (χ0) is 19.2. The van der Waals surface area contributed by atoms with Crippen LogP contribution in [0.5, 0.6) is 5.75 Å². The Labute approximate surface area is 160 Å². The number of hydrogen-bond donors (Lipinski definition) is 2. The van der Waals surface area contributed by atoms with Crippen molar-refractivity contribution in [1.29, 1.82) is 0 Å². The highest BCUT2D eigenvalue weighted by atomic mass is 16.5. The smallest absolute Gasteiger partial charge is 0.161 e. The van der Waals surface area contributed by atoms with Crippen LogP contribution in [0.2, 0.25) is 0 Å². The molecular formula is C21H25N5O. The summed E-state index contributed by atoms with van der Waals surface area (Å²) in [5.74, 6) is 1.98. The number of aromatic nitrogens is 2. The van der Waals surface area contributed by atoms with Gasteiger partial charge in [-0.2, -0.15) is 0 Å². The third-order valence-electron chi connectivity index (χ3n) is 4.19. The number of nitrogens with zero attached hydrogens (tertiary/aromatic N) is 3. The lowest BCUT2D eigenvalue weighted by atomic mass is 10.2. The average molecular weight is 363 g/mol. The quantitative estimate of drug-likeness (QED) is 0.635. The molecule has 0 amide bonds. The van der Waals surface area contributed by atoms with Gasteiger partial charge in [0, 0.05) is 12.2 Å². The maximum atomic E-state index is 6.44. The van der Waals surface area contributed by atoms with Crippen molar-refractivity contribution < 1.29 is 4.74 Å². The van der Waals surface area contributed by atoms with Gasteiger partial charge in [0.05, 0.1) is 12.3 Å². The van der Waals surface area contributed by atoms with Crippen molar-refractivity contribution in [2.75, 3.05) is 29.1 Å². The third kappa shape index (κ3) is 4.11. The second kappa shape index (κ2) is 8.40. The van der Waals surface area contributed by atoms with Crippen molar-refractivity contribution in [3.05, 3.63) is 60.4 Å². The minimum atomic E-state index is 0.493. The van der Waals surface area contributed by atoms with E-state index >= 15 is 0 Å². The maximum absolute atomic E-state index is 6.44. The number of rotatable bonds is 7. The molecule has 3 rings (SSSR count). The summed E-state index contributed by atoms with van der Waals surface area (Å²) in [5.41, 5.74) is 9.97. The van der Waals surface area contributed by atoms with Crippen molar-refractivity contribution in [2.45, 2.75) is 20.8 Å². The SMILES string of the molecule is CCOc1ccccc1Nc1ncnc(N(CC)c2cccc(C)c2)c1N. The van der Waals surface area contributed by atoms with Gasteiger partial charge in [0.2, 0.25) is 0 Å². The molecular weight excluding hydrogens is 338 g/mol. The number of ether oxygens (including phenoxy) is 1. The molecule has 0 unspecified atom stereocenters. The van der Waals surface area contributed by atoms with Crippen LogP contribution in [-0.2, 0) is 0 Å². The molecule has 2 aromatic carbocycles. The summed E-state index contributed by atoms with van der Waals surface area (Å²) in [6.45, 7) is 7.41. The summed E-state index contributed by atoms with van der Waals surface area (Å²) < 4.78 is 5.67. The second-order valence-corrected chi connectivity index (χ2v) is 6.10. The van der Waals surface area contributed by atoms with E-state index in [1.807, 2.05) is 37.3 Å². The van der Waals surface area contributed by atoms with Crippen LogP contribution in [0.15, 0.2) is 54.9 Å². The molecule has 27 heavy (non-hydrogen) atoms. The number of aryl methyl sites for hydroxylation is 1. The van der Waals surface area contributed by atoms with E-state index in [4.69, 9.17) is 10.5 Å². The summed E-state index contributed by atoms with van der Waals surface area (Å²) in [5, 5.41) is 3.28. The summed E-state index contributed by atoms with van der Waals surface area (Å²) in [7, 11) is 0. The Hall–Kier alpha value is -3.28. The molecule has 3 N–H and O–H groups in total. The minimum Gasteiger partial charge on any atom is -0.492 e. The van der Waals surface area contributed by atoms with Crippen LogP contribution in [0.1, 0.15) is 19.4 Å². The fourth-order valence-corrected chi connectivity index (χ4v) is 2.93. The van der Waals surface area contributed by atoms with Crippen molar-refractivity contribution in [2.24, 2.45) is 0 Å². The first kappa shape index (κ1) is 18.5. The minimum absolute atomic E-state index is 0.493. The van der Waals surface area contributed by atoms with Crippen LogP contribution < -0.4 is 20.7 Å². The fraction of sp³-hybridized carbons (Fsp3) is 0.238. The molecule has 3 aromatic rings. The number of hydrogen-bond acceptors (Lipinski definition) is 6. The Bertz CT molecular complexity index is 913. The summed E-state index contributed by atoms with van der Waals surface area (Å²) >= 11 is 0. The Morgan fingerprint density at radius 3 is 2.63 bits per heavy atom. The van der Waals surface area contributed by atoms with Gasteiger partial charge in [-0.3, -0.25) is 0 Å². The molecule has 0 saturated carbocycles. The van der Waals surface area contributed by atoms with Gasteiger partial charge < -0.3 is 20.7 Å². The van der Waals surface area contributed by atoms with E-state index in [0.717, 1.165) is 23.7 Å². The van der Waals surface area contributed by atoms with Gasteiger partial charge in [0.25, 0.3) is 0 Å². The number of nitrogen functional groups attached to an aromatic ring is 1. The topological polar surface area (TPSA) is 76.3 Å². The molecule has 0 bridgehead atoms. The largest absolute Gasteiger partial charge is 0.492 e. The Morgan fingerprint density at radius 1 is 1.07 bits per heavy atom. The first-order valence-corrected chi connectivity index (χ1v) is 9.07. The van der Waals surface area contributed by atoms with Crippen LogP contribution in [-0.4, -0.2) is 23.1 Å². The molecule has 0 aliphatic heterocycles. The Morgan fingerprint density at radius 2 is 1.89 bits per heavy atom. The highest BCUT2D eigenvalue weighted by Gasteiger charge is 2.16. The zero-order valence-corrected chi connectivity index (χ0v) is 15.9. The predicted molar refractivity (Wildman–Crippen MR) is 111 cm³/mol. The Kier molecular flexibility index (Phi) is 5.76. The van der Waals surface area contributed by atoms with E-state index in [1.165, 1.54) is 11.9 Å². The number of para-hydroxylation sites is 2. The molecule has 0 spiro atoms. The van der Waals surface area contributed by atoms with E-state index in [2.05, 4.69) is 52.2 Å². The third-order valence-corrected chi connectivity index (χ3v) is 4.19. The first-order chi connectivity index (χ1) is 13.1. The first-order valence-electron chi connectivity index (χ1n) is 9.07. The summed E-state index contributed by atoms with van der Waals surface area (Å²) in [4.78, 5) is 10.8. The number of benzene rings is 2. The number of nitrogens with one attached hydrogen (secondary N) is 1. The molecule has 0 saturated heterocycles. The van der Waals surface area contributed by atoms with Crippen LogP contribution in [0.3, 0.4) is 0 Å². The van der Waals surface area contributed by atoms with Crippen molar-refractivity contribution >= 4 is 28.7 Å². The molecule has 1 heterocycles. The highest BCUT2D eigenvalue weighted by Crippen LogP contribution is 2.35. The van der Waals surface area contributed by atoms with Crippen LogP contribution in [0, 0.1) is 6.92 Å². The van der Waals surface area contributed by atoms with Crippen LogP contribution >= 0.6 is 0 Å². The molecule has 0 fully saturated rings. The molecule has 6 nitrogen and oxygen atoms in total. The number of anilines is 5. The van der Waals surface area contributed by atoms with Gasteiger partial charge in [-0.1, -0.05) is 24.3 Å². The molecule has 6 heteroatoms. The van der Waals surface area contributed by atoms with E-state index in [1.54, 1.807) is 0 Å². The molecule has 0 radical (unpaired) electrons. The maximum Gasteiger partial charge on any atom is 0.161 e. The Balaban J connectivity index is 1.96. The predicted octanol–water partition coefficient (Wildman–Crippen LogP) is 4.67. The van der Waals surface area contributed by atoms with E-state index in [0.29, 0.717) is 23.9 Å². The molecule has 0 aliphatic rings. The molecule has 140 valence electrons. The van der Waals surface area contributed by atoms with Gasteiger partial charge >= 0.3 is 0 Å². The van der Waals surface area contributed by atoms with E-state index < -0.39 is 0 Å². The van der Waals surface area contributed by atoms with Gasteiger partial charge in [-0.05, 0) is 50.6 Å². The van der Waals surface area contributed by atoms with Crippen LogP contribution in [0.25, 0.3) is 0 Å². The van der Waals surface area contributed by atoms with Crippen LogP contribution in [0.4, 0.5) is 28.7 Å². The van der Waals surface area contributed by atoms with Crippen molar-refractivity contribution in [1.82, 2.24) is 9.97 Å². The lowest BCUT2D eigenvalue weighted by Crippen LogP contribution is -2.20. The fourth-order valence-electron chi connectivity index (χ4n) is 2.93.